The van der Waals surface area contributed by atoms with Crippen molar-refractivity contribution in [1.29, 1.82) is 0 Å². The van der Waals surface area contributed by atoms with Crippen LogP contribution >= 0.6 is 15.9 Å². The Hall–Kier alpha value is -1.07. The molecule has 0 amide bonds. The first-order chi connectivity index (χ1) is 9.15. The lowest BCUT2D eigenvalue weighted by Gasteiger charge is -2.06. The van der Waals surface area contributed by atoms with Crippen LogP contribution in [0.2, 0.25) is 0 Å². The second-order valence-corrected chi connectivity index (χ2v) is 5.96. The lowest BCUT2D eigenvalue weighted by Crippen LogP contribution is -2.16. The third-order valence-corrected chi connectivity index (χ3v) is 4.73. The SMILES string of the molecule is Cc1nn(Cc2occc2CNC2CC2)c(C)c1Br. The maximum Gasteiger partial charge on any atom is 0.129 e. The quantitative estimate of drug-likeness (QED) is 0.919. The van der Waals surface area contributed by atoms with Crippen LogP contribution in [0.25, 0.3) is 0 Å². The summed E-state index contributed by atoms with van der Waals surface area (Å²) in [6, 6.07) is 2.76. The molecule has 3 rings (SSSR count). The second kappa shape index (κ2) is 5.13. The molecule has 0 bridgehead atoms. The van der Waals surface area contributed by atoms with E-state index in [9.17, 15) is 0 Å². The van der Waals surface area contributed by atoms with E-state index in [-0.39, 0.29) is 0 Å². The number of hydrogen-bond donors (Lipinski definition) is 1. The van der Waals surface area contributed by atoms with E-state index < -0.39 is 0 Å². The Kier molecular flexibility index (Phi) is 3.50. The zero-order valence-electron chi connectivity index (χ0n) is 11.2. The maximum atomic E-state index is 5.61. The van der Waals surface area contributed by atoms with E-state index in [2.05, 4.69) is 33.3 Å². The normalized spacial score (nSPS) is 15.1. The predicted octanol–water partition coefficient (Wildman–Crippen LogP) is 3.16. The summed E-state index contributed by atoms with van der Waals surface area (Å²) in [6.07, 6.45) is 4.37. The van der Waals surface area contributed by atoms with E-state index >= 15 is 0 Å². The van der Waals surface area contributed by atoms with Crippen molar-refractivity contribution in [2.75, 3.05) is 0 Å². The number of aromatic nitrogens is 2. The van der Waals surface area contributed by atoms with Crippen molar-refractivity contribution in [3.8, 4) is 0 Å². The molecule has 0 unspecified atom stereocenters. The minimum absolute atomic E-state index is 0.687. The highest BCUT2D eigenvalue weighted by Gasteiger charge is 2.21. The molecular formula is C14H18BrN3O. The Labute approximate surface area is 121 Å². The molecule has 1 aliphatic carbocycles. The average Bonchev–Trinajstić information content (AvgIpc) is 3.08. The molecule has 0 radical (unpaired) electrons. The fourth-order valence-corrected chi connectivity index (χ4v) is 2.45. The molecule has 2 heterocycles. The Morgan fingerprint density at radius 1 is 1.47 bits per heavy atom. The first-order valence-electron chi connectivity index (χ1n) is 6.63. The van der Waals surface area contributed by atoms with Gasteiger partial charge in [-0.15, -0.1) is 0 Å². The van der Waals surface area contributed by atoms with Gasteiger partial charge in [0.2, 0.25) is 0 Å². The van der Waals surface area contributed by atoms with Gasteiger partial charge in [-0.1, -0.05) is 0 Å². The Morgan fingerprint density at radius 2 is 2.26 bits per heavy atom. The Bertz CT molecular complexity index is 584. The molecule has 5 heteroatoms. The van der Waals surface area contributed by atoms with Gasteiger partial charge in [-0.25, -0.2) is 0 Å². The molecule has 1 N–H and O–H groups in total. The van der Waals surface area contributed by atoms with Crippen molar-refractivity contribution in [2.45, 2.75) is 45.8 Å². The standard InChI is InChI=1S/C14H18BrN3O/c1-9-14(15)10(2)18(17-9)8-13-11(5-6-19-13)7-16-12-3-4-12/h5-6,12,16H,3-4,7-8H2,1-2H3. The van der Waals surface area contributed by atoms with Crippen LogP contribution in [-0.2, 0) is 13.1 Å². The van der Waals surface area contributed by atoms with E-state index in [0.717, 1.165) is 28.2 Å². The van der Waals surface area contributed by atoms with Gasteiger partial charge < -0.3 is 9.73 Å². The topological polar surface area (TPSA) is 43.0 Å². The van der Waals surface area contributed by atoms with Crippen LogP contribution in [0, 0.1) is 13.8 Å². The van der Waals surface area contributed by atoms with Gasteiger partial charge in [0.25, 0.3) is 0 Å². The van der Waals surface area contributed by atoms with Crippen LogP contribution in [0.3, 0.4) is 0 Å². The fourth-order valence-electron chi connectivity index (χ4n) is 2.17. The summed E-state index contributed by atoms with van der Waals surface area (Å²) < 4.78 is 8.67. The number of furan rings is 1. The van der Waals surface area contributed by atoms with Crippen LogP contribution in [-0.4, -0.2) is 15.8 Å². The smallest absolute Gasteiger partial charge is 0.129 e. The number of halogens is 1. The summed E-state index contributed by atoms with van der Waals surface area (Å²) in [6.45, 7) is 5.64. The molecule has 19 heavy (non-hydrogen) atoms. The van der Waals surface area contributed by atoms with Crippen molar-refractivity contribution in [2.24, 2.45) is 0 Å². The van der Waals surface area contributed by atoms with Crippen molar-refractivity contribution in [1.82, 2.24) is 15.1 Å². The first kappa shape index (κ1) is 12.9. The summed E-state index contributed by atoms with van der Waals surface area (Å²) in [5.41, 5.74) is 3.38. The minimum atomic E-state index is 0.687. The van der Waals surface area contributed by atoms with E-state index in [0.29, 0.717) is 12.6 Å². The molecular weight excluding hydrogens is 306 g/mol. The zero-order chi connectivity index (χ0) is 13.4. The number of nitrogens with one attached hydrogen (secondary N) is 1. The molecule has 4 nitrogen and oxygen atoms in total. The lowest BCUT2D eigenvalue weighted by atomic mass is 10.2. The maximum absolute atomic E-state index is 5.61. The molecule has 0 aliphatic heterocycles. The zero-order valence-corrected chi connectivity index (χ0v) is 12.8. The van der Waals surface area contributed by atoms with E-state index in [4.69, 9.17) is 4.42 Å². The fraction of sp³-hybridized carbons (Fsp3) is 0.500. The summed E-state index contributed by atoms with van der Waals surface area (Å²) in [7, 11) is 0. The van der Waals surface area contributed by atoms with Crippen molar-refractivity contribution >= 4 is 15.9 Å². The van der Waals surface area contributed by atoms with Gasteiger partial charge in [0.1, 0.15) is 5.76 Å². The number of nitrogens with zero attached hydrogens (tertiary/aromatic N) is 2. The van der Waals surface area contributed by atoms with Crippen molar-refractivity contribution < 1.29 is 4.42 Å². The highest BCUT2D eigenvalue weighted by atomic mass is 79.9. The summed E-state index contributed by atoms with van der Waals surface area (Å²) >= 11 is 3.55. The Balaban J connectivity index is 1.74. The van der Waals surface area contributed by atoms with Crippen molar-refractivity contribution in [3.63, 3.8) is 0 Å². The monoisotopic (exact) mass is 323 g/mol. The highest BCUT2D eigenvalue weighted by Crippen LogP contribution is 2.23. The first-order valence-corrected chi connectivity index (χ1v) is 7.42. The number of rotatable bonds is 5. The third-order valence-electron chi connectivity index (χ3n) is 3.58. The molecule has 0 atom stereocenters. The van der Waals surface area contributed by atoms with Gasteiger partial charge in [-0.3, -0.25) is 4.68 Å². The molecule has 0 aromatic carbocycles. The second-order valence-electron chi connectivity index (χ2n) is 5.17. The summed E-state index contributed by atoms with van der Waals surface area (Å²) in [5.74, 6) is 0.992. The van der Waals surface area contributed by atoms with E-state index in [1.807, 2.05) is 17.7 Å². The average molecular weight is 324 g/mol. The van der Waals surface area contributed by atoms with Gasteiger partial charge >= 0.3 is 0 Å². The third kappa shape index (κ3) is 2.77. The molecule has 1 fully saturated rings. The molecule has 0 spiro atoms. The van der Waals surface area contributed by atoms with Gasteiger partial charge in [0.15, 0.2) is 0 Å². The predicted molar refractivity (Wildman–Crippen MR) is 77.1 cm³/mol. The van der Waals surface area contributed by atoms with Crippen LogP contribution in [0.4, 0.5) is 0 Å². The van der Waals surface area contributed by atoms with Gasteiger partial charge in [0, 0.05) is 18.2 Å². The molecule has 1 saturated carbocycles. The molecule has 0 saturated heterocycles. The summed E-state index contributed by atoms with van der Waals surface area (Å²) in [4.78, 5) is 0. The minimum Gasteiger partial charge on any atom is -0.467 e. The van der Waals surface area contributed by atoms with Crippen LogP contribution in [0.1, 0.15) is 35.6 Å². The molecule has 2 aromatic rings. The van der Waals surface area contributed by atoms with Crippen LogP contribution in [0.15, 0.2) is 21.2 Å². The molecule has 1 aliphatic rings. The molecule has 102 valence electrons. The molecule has 2 aromatic heterocycles. The van der Waals surface area contributed by atoms with E-state index in [1.54, 1.807) is 6.26 Å². The van der Waals surface area contributed by atoms with Crippen LogP contribution < -0.4 is 5.32 Å². The Morgan fingerprint density at radius 3 is 2.89 bits per heavy atom. The van der Waals surface area contributed by atoms with Crippen molar-refractivity contribution in [3.05, 3.63) is 39.5 Å². The van der Waals surface area contributed by atoms with Gasteiger partial charge in [0.05, 0.1) is 28.7 Å². The number of hydrogen-bond acceptors (Lipinski definition) is 3. The number of aryl methyl sites for hydroxylation is 1. The highest BCUT2D eigenvalue weighted by molar-refractivity contribution is 9.10. The summed E-state index contributed by atoms with van der Waals surface area (Å²) in [5, 5.41) is 8.04. The van der Waals surface area contributed by atoms with Gasteiger partial charge in [-0.2, -0.15) is 5.10 Å². The lowest BCUT2D eigenvalue weighted by molar-refractivity contribution is 0.468. The largest absolute Gasteiger partial charge is 0.467 e. The van der Waals surface area contributed by atoms with Gasteiger partial charge in [-0.05, 0) is 48.7 Å². The van der Waals surface area contributed by atoms with Crippen LogP contribution in [0.5, 0.6) is 0 Å². The van der Waals surface area contributed by atoms with E-state index in [1.165, 1.54) is 18.4 Å².